The number of hydrogen-bond acceptors (Lipinski definition) is 6. The number of aliphatic carboxylic acids is 1. The number of rotatable bonds is 5. The topological polar surface area (TPSA) is 83.8 Å². The van der Waals surface area contributed by atoms with E-state index in [0.29, 0.717) is 4.88 Å². The van der Waals surface area contributed by atoms with Gasteiger partial charge in [0.25, 0.3) is 0 Å². The lowest BCUT2D eigenvalue weighted by atomic mass is 10.2. The van der Waals surface area contributed by atoms with Crippen molar-refractivity contribution in [3.63, 3.8) is 0 Å². The predicted octanol–water partition coefficient (Wildman–Crippen LogP) is 3.39. The highest BCUT2D eigenvalue weighted by Gasteiger charge is 2.14. The molecule has 0 aromatic carbocycles. The van der Waals surface area contributed by atoms with Gasteiger partial charge in [-0.1, -0.05) is 6.07 Å². The van der Waals surface area contributed by atoms with Crippen LogP contribution >= 0.6 is 22.7 Å². The monoisotopic (exact) mass is 293 g/mol. The van der Waals surface area contributed by atoms with Crippen LogP contribution in [0.2, 0.25) is 0 Å². The van der Waals surface area contributed by atoms with Gasteiger partial charge in [-0.3, -0.25) is 4.79 Å². The molecule has 2 aromatic rings. The van der Waals surface area contributed by atoms with Crippen LogP contribution in [0.15, 0.2) is 46.6 Å². The summed E-state index contributed by atoms with van der Waals surface area (Å²) in [6, 6.07) is 7.21. The number of carboxylic acids is 1. The molecular formula is C12H7NO4S2. The molecule has 0 spiro atoms. The summed E-state index contributed by atoms with van der Waals surface area (Å²) in [5, 5.41) is 12.8. The number of nitroso groups, excluding NO2 is 1. The van der Waals surface area contributed by atoms with E-state index in [9.17, 15) is 14.5 Å². The summed E-state index contributed by atoms with van der Waals surface area (Å²) in [6.07, 6.45) is 0.735. The standard InChI is InChI=1S/C12H7NO4S2/c14-8(6-7(13-17)12(15)16)9-3-4-11(19-9)10-2-1-5-18-10/h1-6H,(H,15,16)/b7-6-. The first-order valence-electron chi connectivity index (χ1n) is 5.08. The predicted molar refractivity (Wildman–Crippen MR) is 73.5 cm³/mol. The SMILES string of the molecule is O=N/C(=C\C(=O)c1ccc(-c2cccs2)s1)C(=O)O. The van der Waals surface area contributed by atoms with E-state index in [-0.39, 0.29) is 0 Å². The number of carbonyl (C=O) groups excluding carboxylic acids is 1. The summed E-state index contributed by atoms with van der Waals surface area (Å²) in [4.78, 5) is 34.9. The molecule has 0 bridgehead atoms. The van der Waals surface area contributed by atoms with Gasteiger partial charge >= 0.3 is 5.97 Å². The molecule has 2 heterocycles. The van der Waals surface area contributed by atoms with Gasteiger partial charge in [0.2, 0.25) is 0 Å². The van der Waals surface area contributed by atoms with E-state index in [0.717, 1.165) is 15.8 Å². The third-order valence-electron chi connectivity index (χ3n) is 2.20. The van der Waals surface area contributed by atoms with Gasteiger partial charge in [0, 0.05) is 15.8 Å². The molecule has 0 fully saturated rings. The van der Waals surface area contributed by atoms with Gasteiger partial charge in [0.1, 0.15) is 0 Å². The lowest BCUT2D eigenvalue weighted by molar-refractivity contribution is -0.132. The Morgan fingerprint density at radius 1 is 1.21 bits per heavy atom. The molecule has 5 nitrogen and oxygen atoms in total. The van der Waals surface area contributed by atoms with Crippen LogP contribution in [0, 0.1) is 4.91 Å². The first-order chi connectivity index (χ1) is 9.11. The van der Waals surface area contributed by atoms with Crippen LogP contribution in [0.3, 0.4) is 0 Å². The van der Waals surface area contributed by atoms with Crippen molar-refractivity contribution in [3.05, 3.63) is 51.2 Å². The van der Waals surface area contributed by atoms with Gasteiger partial charge in [-0.05, 0) is 28.8 Å². The first-order valence-corrected chi connectivity index (χ1v) is 6.78. The zero-order valence-electron chi connectivity index (χ0n) is 9.40. The molecule has 0 unspecified atom stereocenters. The summed E-state index contributed by atoms with van der Waals surface area (Å²) >= 11 is 2.79. The molecule has 2 aromatic heterocycles. The Labute approximate surface area is 115 Å². The van der Waals surface area contributed by atoms with E-state index in [1.165, 1.54) is 11.3 Å². The fraction of sp³-hybridized carbons (Fsp3) is 0. The zero-order chi connectivity index (χ0) is 13.8. The van der Waals surface area contributed by atoms with Crippen LogP contribution in [-0.4, -0.2) is 16.9 Å². The third-order valence-corrected chi connectivity index (χ3v) is 4.36. The zero-order valence-corrected chi connectivity index (χ0v) is 11.0. The average molecular weight is 293 g/mol. The molecule has 0 amide bonds. The summed E-state index contributed by atoms with van der Waals surface area (Å²) < 4.78 is 0. The maximum absolute atomic E-state index is 11.8. The second-order valence-corrected chi connectivity index (χ2v) is 5.46. The normalized spacial score (nSPS) is 11.3. The molecule has 19 heavy (non-hydrogen) atoms. The lowest BCUT2D eigenvalue weighted by Gasteiger charge is -1.91. The first kappa shape index (κ1) is 13.3. The minimum atomic E-state index is -1.52. The summed E-state index contributed by atoms with van der Waals surface area (Å²) in [7, 11) is 0. The van der Waals surface area contributed by atoms with E-state index < -0.39 is 17.4 Å². The maximum Gasteiger partial charge on any atom is 0.358 e. The molecule has 0 aliphatic carbocycles. The molecule has 0 saturated heterocycles. The van der Waals surface area contributed by atoms with Crippen molar-refractivity contribution in [2.45, 2.75) is 0 Å². The van der Waals surface area contributed by atoms with E-state index in [1.54, 1.807) is 23.5 Å². The molecule has 0 aliphatic rings. The number of thiophene rings is 2. The highest BCUT2D eigenvalue weighted by molar-refractivity contribution is 7.22. The summed E-state index contributed by atoms with van der Waals surface area (Å²) in [5.41, 5.74) is -0.795. The highest BCUT2D eigenvalue weighted by Crippen LogP contribution is 2.31. The number of nitrogens with zero attached hydrogens (tertiary/aromatic N) is 1. The minimum absolute atomic E-state index is 0.366. The van der Waals surface area contributed by atoms with Crippen molar-refractivity contribution in [3.8, 4) is 9.75 Å². The van der Waals surface area contributed by atoms with Gasteiger partial charge in [-0.25, -0.2) is 4.79 Å². The van der Waals surface area contributed by atoms with Gasteiger partial charge < -0.3 is 5.11 Å². The Morgan fingerprint density at radius 3 is 2.58 bits per heavy atom. The van der Waals surface area contributed by atoms with Crippen LogP contribution < -0.4 is 0 Å². The molecule has 7 heteroatoms. The van der Waals surface area contributed by atoms with Gasteiger partial charge in [-0.15, -0.1) is 27.6 Å². The number of carbonyl (C=O) groups is 2. The number of carboxylic acid groups (broad SMARTS) is 1. The van der Waals surface area contributed by atoms with Crippen LogP contribution in [-0.2, 0) is 4.79 Å². The van der Waals surface area contributed by atoms with Crippen LogP contribution in [0.25, 0.3) is 9.75 Å². The quantitative estimate of drug-likeness (QED) is 0.520. The van der Waals surface area contributed by atoms with Crippen molar-refractivity contribution >= 4 is 34.4 Å². The van der Waals surface area contributed by atoms with Gasteiger partial charge in [-0.2, -0.15) is 0 Å². The molecule has 1 N–H and O–H groups in total. The Bertz CT molecular complexity index is 655. The van der Waals surface area contributed by atoms with E-state index >= 15 is 0 Å². The fourth-order valence-electron chi connectivity index (χ4n) is 1.34. The Hall–Kier alpha value is -2.12. The summed E-state index contributed by atoms with van der Waals surface area (Å²) in [5.74, 6) is -2.05. The van der Waals surface area contributed by atoms with Gasteiger partial charge in [0.05, 0.1) is 4.88 Å². The largest absolute Gasteiger partial charge is 0.476 e. The molecule has 2 rings (SSSR count). The van der Waals surface area contributed by atoms with E-state index in [2.05, 4.69) is 5.18 Å². The Balaban J connectivity index is 2.26. The van der Waals surface area contributed by atoms with Crippen molar-refractivity contribution in [1.82, 2.24) is 0 Å². The van der Waals surface area contributed by atoms with Crippen LogP contribution in [0.5, 0.6) is 0 Å². The van der Waals surface area contributed by atoms with Crippen LogP contribution in [0.1, 0.15) is 9.67 Å². The van der Waals surface area contributed by atoms with Crippen molar-refractivity contribution in [2.75, 3.05) is 0 Å². The van der Waals surface area contributed by atoms with Crippen molar-refractivity contribution in [2.24, 2.45) is 5.18 Å². The van der Waals surface area contributed by atoms with Gasteiger partial charge in [0.15, 0.2) is 11.5 Å². The molecule has 0 saturated carbocycles. The van der Waals surface area contributed by atoms with Crippen molar-refractivity contribution in [1.29, 1.82) is 0 Å². The lowest BCUT2D eigenvalue weighted by Crippen LogP contribution is -2.01. The average Bonchev–Trinajstić information content (AvgIpc) is 3.04. The Kier molecular flexibility index (Phi) is 3.98. The molecular weight excluding hydrogens is 286 g/mol. The van der Waals surface area contributed by atoms with Crippen LogP contribution in [0.4, 0.5) is 0 Å². The molecule has 0 aliphatic heterocycles. The smallest absolute Gasteiger partial charge is 0.358 e. The molecule has 0 atom stereocenters. The molecule has 0 radical (unpaired) electrons. The summed E-state index contributed by atoms with van der Waals surface area (Å²) in [6.45, 7) is 0. The van der Waals surface area contributed by atoms with E-state index in [4.69, 9.17) is 5.11 Å². The highest BCUT2D eigenvalue weighted by atomic mass is 32.1. The maximum atomic E-state index is 11.8. The second-order valence-electron chi connectivity index (χ2n) is 3.43. The third kappa shape index (κ3) is 3.01. The number of ketones is 1. The van der Waals surface area contributed by atoms with E-state index in [1.807, 2.05) is 17.5 Å². The van der Waals surface area contributed by atoms with Crippen molar-refractivity contribution < 1.29 is 14.7 Å². The number of hydrogen-bond donors (Lipinski definition) is 1. The fourth-order valence-corrected chi connectivity index (χ4v) is 3.10. The Morgan fingerprint density at radius 2 is 2.00 bits per heavy atom. The molecule has 96 valence electrons. The second kappa shape index (κ2) is 5.68. The minimum Gasteiger partial charge on any atom is -0.476 e. The number of allylic oxidation sites excluding steroid dienone is 1.